The third-order valence-corrected chi connectivity index (χ3v) is 7.96. The zero-order valence-corrected chi connectivity index (χ0v) is 23.5. The van der Waals surface area contributed by atoms with Gasteiger partial charge >= 0.3 is 0 Å². The molecule has 0 radical (unpaired) electrons. The monoisotopic (exact) mass is 553 g/mol. The molecule has 0 saturated heterocycles. The Kier molecular flexibility index (Phi) is 10.3. The van der Waals surface area contributed by atoms with Crippen molar-refractivity contribution < 1.29 is 27.5 Å². The average Bonchev–Trinajstić information content (AvgIpc) is 2.96. The van der Waals surface area contributed by atoms with Gasteiger partial charge in [0.05, 0.1) is 24.8 Å². The van der Waals surface area contributed by atoms with E-state index < -0.39 is 28.5 Å². The van der Waals surface area contributed by atoms with Crippen LogP contribution in [0.4, 0.5) is 5.69 Å². The lowest BCUT2D eigenvalue weighted by Gasteiger charge is -2.33. The van der Waals surface area contributed by atoms with Crippen molar-refractivity contribution in [1.29, 1.82) is 0 Å². The van der Waals surface area contributed by atoms with Gasteiger partial charge in [0, 0.05) is 13.1 Å². The first kappa shape index (κ1) is 29.5. The van der Waals surface area contributed by atoms with E-state index >= 15 is 0 Å². The maximum absolute atomic E-state index is 14.0. The lowest BCUT2D eigenvalue weighted by atomic mass is 10.1. The molecule has 0 aliphatic heterocycles. The highest BCUT2D eigenvalue weighted by atomic mass is 32.2. The van der Waals surface area contributed by atoms with Crippen LogP contribution in [0.25, 0.3) is 0 Å². The van der Waals surface area contributed by atoms with Crippen LogP contribution in [0.15, 0.2) is 83.8 Å². The van der Waals surface area contributed by atoms with Gasteiger partial charge in [-0.1, -0.05) is 49.4 Å². The molecule has 0 unspecified atom stereocenters. The maximum Gasteiger partial charge on any atom is 0.264 e. The largest absolute Gasteiger partial charge is 0.497 e. The molecule has 0 bridgehead atoms. The molecule has 9 nitrogen and oxygen atoms in total. The van der Waals surface area contributed by atoms with Crippen molar-refractivity contribution >= 4 is 27.5 Å². The molecule has 1 N–H and O–H groups in total. The van der Waals surface area contributed by atoms with Gasteiger partial charge in [-0.15, -0.1) is 0 Å². The van der Waals surface area contributed by atoms with E-state index in [1.807, 2.05) is 13.0 Å². The Morgan fingerprint density at radius 2 is 1.59 bits per heavy atom. The van der Waals surface area contributed by atoms with Crippen LogP contribution in [0.5, 0.6) is 11.5 Å². The number of para-hydroxylation sites is 2. The van der Waals surface area contributed by atoms with Gasteiger partial charge in [-0.05, 0) is 55.3 Å². The summed E-state index contributed by atoms with van der Waals surface area (Å²) in [7, 11) is -1.19. The van der Waals surface area contributed by atoms with E-state index in [0.717, 1.165) is 9.87 Å². The number of benzene rings is 3. The Hall–Kier alpha value is -4.05. The number of sulfonamides is 1. The molecular formula is C29H35N3O6S. The number of amides is 2. The molecule has 0 aromatic heterocycles. The van der Waals surface area contributed by atoms with Crippen molar-refractivity contribution in [3.05, 3.63) is 84.4 Å². The van der Waals surface area contributed by atoms with Crippen molar-refractivity contribution in [2.75, 3.05) is 31.6 Å². The summed E-state index contributed by atoms with van der Waals surface area (Å²) in [6, 6.07) is 20.9. The Labute approximate surface area is 230 Å². The summed E-state index contributed by atoms with van der Waals surface area (Å²) in [5, 5.41) is 2.79. The second-order valence-electron chi connectivity index (χ2n) is 8.69. The van der Waals surface area contributed by atoms with Gasteiger partial charge < -0.3 is 19.7 Å². The molecule has 3 aromatic carbocycles. The Bertz CT molecular complexity index is 1360. The molecule has 0 spiro atoms. The lowest BCUT2D eigenvalue weighted by molar-refractivity contribution is -0.140. The number of rotatable bonds is 13. The minimum absolute atomic E-state index is 0.0267. The van der Waals surface area contributed by atoms with Gasteiger partial charge in [0.15, 0.2) is 0 Å². The van der Waals surface area contributed by atoms with Gasteiger partial charge in [-0.3, -0.25) is 13.9 Å². The number of carbonyl (C=O) groups is 2. The summed E-state index contributed by atoms with van der Waals surface area (Å²) in [5.41, 5.74) is 0.949. The number of hydrogen-bond donors (Lipinski definition) is 1. The Balaban J connectivity index is 2.09. The molecule has 208 valence electrons. The summed E-state index contributed by atoms with van der Waals surface area (Å²) in [6.07, 6.45) is 0.335. The van der Waals surface area contributed by atoms with Crippen molar-refractivity contribution in [1.82, 2.24) is 10.2 Å². The first-order valence-corrected chi connectivity index (χ1v) is 14.1. The van der Waals surface area contributed by atoms with Crippen molar-refractivity contribution in [3.8, 4) is 11.5 Å². The molecule has 0 aliphatic carbocycles. The van der Waals surface area contributed by atoms with Gasteiger partial charge in [0.1, 0.15) is 24.1 Å². The molecule has 0 aliphatic rings. The maximum atomic E-state index is 14.0. The summed E-state index contributed by atoms with van der Waals surface area (Å²) < 4.78 is 39.6. The topological polar surface area (TPSA) is 105 Å². The van der Waals surface area contributed by atoms with Crippen LogP contribution >= 0.6 is 0 Å². The van der Waals surface area contributed by atoms with E-state index in [2.05, 4.69) is 5.32 Å². The molecule has 2 amide bonds. The zero-order chi connectivity index (χ0) is 28.4. The molecule has 0 saturated carbocycles. The first-order valence-electron chi connectivity index (χ1n) is 12.7. The number of nitrogens with one attached hydrogen (secondary N) is 1. The number of methoxy groups -OCH3 is 2. The molecule has 3 aromatic rings. The number of likely N-dealkylation sites (N-methyl/N-ethyl adjacent to an activating group) is 1. The number of hydrogen-bond acceptors (Lipinski definition) is 6. The van der Waals surface area contributed by atoms with Crippen LogP contribution in [0.1, 0.15) is 25.8 Å². The SMILES string of the molecule is CCNC(=O)[C@H](CC)N(Cc1cccc(OC)c1)C(=O)CN(c1ccccc1OC)S(=O)(=O)c1ccccc1. The van der Waals surface area contributed by atoms with Crippen LogP contribution in [-0.2, 0) is 26.2 Å². The van der Waals surface area contributed by atoms with Crippen molar-refractivity contribution in [3.63, 3.8) is 0 Å². The normalized spacial score (nSPS) is 11.8. The molecule has 10 heteroatoms. The summed E-state index contributed by atoms with van der Waals surface area (Å²) in [4.78, 5) is 28.5. The average molecular weight is 554 g/mol. The van der Waals surface area contributed by atoms with Crippen LogP contribution in [0, 0.1) is 0 Å². The first-order chi connectivity index (χ1) is 18.8. The standard InChI is InChI=1S/C29H35N3O6S/c1-5-25(29(34)30-6-2)31(20-22-13-12-14-23(19-22)37-3)28(33)21-32(26-17-10-11-18-27(26)38-4)39(35,36)24-15-8-7-9-16-24/h7-19,25H,5-6,20-21H2,1-4H3,(H,30,34)/t25-/m0/s1. The van der Waals surface area contributed by atoms with Crippen LogP contribution in [0.3, 0.4) is 0 Å². The predicted octanol–water partition coefficient (Wildman–Crippen LogP) is 3.84. The predicted molar refractivity (Wildman–Crippen MR) is 150 cm³/mol. The van der Waals surface area contributed by atoms with Crippen molar-refractivity contribution in [2.24, 2.45) is 0 Å². The number of ether oxygens (including phenoxy) is 2. The summed E-state index contributed by atoms with van der Waals surface area (Å²) in [5.74, 6) is 0.0421. The highest BCUT2D eigenvalue weighted by Crippen LogP contribution is 2.32. The quantitative estimate of drug-likeness (QED) is 0.345. The van der Waals surface area contributed by atoms with E-state index in [1.165, 1.54) is 24.1 Å². The molecule has 1 atom stereocenters. The summed E-state index contributed by atoms with van der Waals surface area (Å²) >= 11 is 0. The highest BCUT2D eigenvalue weighted by Gasteiger charge is 2.34. The molecule has 0 fully saturated rings. The molecule has 39 heavy (non-hydrogen) atoms. The van der Waals surface area contributed by atoms with E-state index in [-0.39, 0.29) is 23.0 Å². The second kappa shape index (κ2) is 13.7. The van der Waals surface area contributed by atoms with Gasteiger partial charge in [-0.25, -0.2) is 8.42 Å². The third-order valence-electron chi connectivity index (χ3n) is 6.19. The number of anilines is 1. The smallest absolute Gasteiger partial charge is 0.264 e. The summed E-state index contributed by atoms with van der Waals surface area (Å²) in [6.45, 7) is 3.54. The lowest BCUT2D eigenvalue weighted by Crippen LogP contribution is -2.52. The Morgan fingerprint density at radius 1 is 0.897 bits per heavy atom. The fourth-order valence-corrected chi connectivity index (χ4v) is 5.69. The third kappa shape index (κ3) is 7.08. The van der Waals surface area contributed by atoms with Gasteiger partial charge in [-0.2, -0.15) is 0 Å². The van der Waals surface area contributed by atoms with E-state index in [9.17, 15) is 18.0 Å². The van der Waals surface area contributed by atoms with E-state index in [0.29, 0.717) is 24.5 Å². The highest BCUT2D eigenvalue weighted by molar-refractivity contribution is 7.92. The molecule has 3 rings (SSSR count). The zero-order valence-electron chi connectivity index (χ0n) is 22.7. The molecular weight excluding hydrogens is 518 g/mol. The second-order valence-corrected chi connectivity index (χ2v) is 10.6. The Morgan fingerprint density at radius 3 is 2.23 bits per heavy atom. The minimum Gasteiger partial charge on any atom is -0.497 e. The van der Waals surface area contributed by atoms with Gasteiger partial charge in [0.25, 0.3) is 10.0 Å². The number of carbonyl (C=O) groups excluding carboxylic acids is 2. The van der Waals surface area contributed by atoms with Crippen LogP contribution < -0.4 is 19.1 Å². The van der Waals surface area contributed by atoms with Crippen molar-refractivity contribution in [2.45, 2.75) is 37.8 Å². The van der Waals surface area contributed by atoms with Crippen LogP contribution in [-0.4, -0.2) is 58.5 Å². The fraction of sp³-hybridized carbons (Fsp3) is 0.310. The minimum atomic E-state index is -4.18. The van der Waals surface area contributed by atoms with E-state index in [4.69, 9.17) is 9.47 Å². The van der Waals surface area contributed by atoms with Gasteiger partial charge in [0.2, 0.25) is 11.8 Å². The molecule has 0 heterocycles. The number of nitrogens with zero attached hydrogens (tertiary/aromatic N) is 2. The van der Waals surface area contributed by atoms with Crippen LogP contribution in [0.2, 0.25) is 0 Å². The van der Waals surface area contributed by atoms with E-state index in [1.54, 1.807) is 74.7 Å². The fourth-order valence-electron chi connectivity index (χ4n) is 4.25.